The fourth-order valence-electron chi connectivity index (χ4n) is 4.23. The summed E-state index contributed by atoms with van der Waals surface area (Å²) in [5, 5.41) is 0. The number of imide groups is 1. The van der Waals surface area contributed by atoms with Crippen molar-refractivity contribution in [1.29, 1.82) is 0 Å². The summed E-state index contributed by atoms with van der Waals surface area (Å²) in [6, 6.07) is 28.3. The normalized spacial score (nSPS) is 23.6. The zero-order chi connectivity index (χ0) is 19.1. The maximum atomic E-state index is 13.4. The molecule has 0 bridgehead atoms. The number of anilines is 1. The molecule has 28 heavy (non-hydrogen) atoms. The highest BCUT2D eigenvalue weighted by atomic mass is 16.2. The Labute approximate surface area is 163 Å². The van der Waals surface area contributed by atoms with Gasteiger partial charge in [0.25, 0.3) is 0 Å². The van der Waals surface area contributed by atoms with Gasteiger partial charge >= 0.3 is 0 Å². The average molecular weight is 366 g/mol. The lowest BCUT2D eigenvalue weighted by Gasteiger charge is -2.18. The summed E-state index contributed by atoms with van der Waals surface area (Å²) in [5.74, 6) is -1.43. The molecule has 0 radical (unpaired) electrons. The second kappa shape index (κ2) is 6.57. The standard InChI is InChI=1S/C24H18N2O2/c27-23-19-20(24(28)26(23)18-14-8-3-9-15-18)22(17-12-6-2-7-13-17)25-21(19)16-10-4-1-5-11-16/h1-15,19-21H/t19-,20+,21-/m0/s1. The van der Waals surface area contributed by atoms with E-state index in [4.69, 9.17) is 4.99 Å². The van der Waals surface area contributed by atoms with Crippen LogP contribution in [0.25, 0.3) is 0 Å². The van der Waals surface area contributed by atoms with Gasteiger partial charge in [0, 0.05) is 0 Å². The first-order chi connectivity index (χ1) is 13.8. The predicted molar refractivity (Wildman–Crippen MR) is 108 cm³/mol. The third-order valence-corrected chi connectivity index (χ3v) is 5.49. The summed E-state index contributed by atoms with van der Waals surface area (Å²) in [5.41, 5.74) is 3.17. The molecule has 0 unspecified atom stereocenters. The van der Waals surface area contributed by atoms with E-state index in [9.17, 15) is 9.59 Å². The zero-order valence-corrected chi connectivity index (χ0v) is 15.1. The second-order valence-electron chi connectivity index (χ2n) is 7.09. The molecule has 3 aromatic carbocycles. The van der Waals surface area contributed by atoms with Gasteiger partial charge in [0.2, 0.25) is 11.8 Å². The summed E-state index contributed by atoms with van der Waals surface area (Å²) < 4.78 is 0. The smallest absolute Gasteiger partial charge is 0.243 e. The van der Waals surface area contributed by atoms with Crippen molar-refractivity contribution in [3.8, 4) is 0 Å². The van der Waals surface area contributed by atoms with Gasteiger partial charge in [-0.15, -0.1) is 0 Å². The van der Waals surface area contributed by atoms with Gasteiger partial charge in [-0.3, -0.25) is 14.6 Å². The molecular formula is C24H18N2O2. The Morgan fingerprint density at radius 3 is 1.89 bits per heavy atom. The molecule has 2 aliphatic heterocycles. The summed E-state index contributed by atoms with van der Waals surface area (Å²) in [4.78, 5) is 33.0. The van der Waals surface area contributed by atoms with Crippen LogP contribution < -0.4 is 4.90 Å². The first kappa shape index (κ1) is 16.6. The van der Waals surface area contributed by atoms with Crippen LogP contribution in [0.3, 0.4) is 0 Å². The van der Waals surface area contributed by atoms with Gasteiger partial charge in [0.1, 0.15) is 0 Å². The number of para-hydroxylation sites is 1. The topological polar surface area (TPSA) is 49.7 Å². The van der Waals surface area contributed by atoms with Crippen LogP contribution in [-0.4, -0.2) is 17.5 Å². The predicted octanol–water partition coefficient (Wildman–Crippen LogP) is 4.04. The van der Waals surface area contributed by atoms with Gasteiger partial charge in [-0.1, -0.05) is 78.9 Å². The number of amides is 2. The summed E-state index contributed by atoms with van der Waals surface area (Å²) in [6.07, 6.45) is 0. The van der Waals surface area contributed by atoms with Crippen molar-refractivity contribution in [1.82, 2.24) is 0 Å². The van der Waals surface area contributed by atoms with Crippen LogP contribution in [0.1, 0.15) is 17.2 Å². The van der Waals surface area contributed by atoms with Crippen LogP contribution in [-0.2, 0) is 9.59 Å². The summed E-state index contributed by atoms with van der Waals surface area (Å²) in [7, 11) is 0. The number of carbonyl (C=O) groups is 2. The average Bonchev–Trinajstić information content (AvgIpc) is 3.27. The number of rotatable bonds is 3. The molecule has 2 amide bonds. The zero-order valence-electron chi connectivity index (χ0n) is 15.1. The molecule has 4 heteroatoms. The highest BCUT2D eigenvalue weighted by molar-refractivity contribution is 6.32. The minimum atomic E-state index is -0.555. The summed E-state index contributed by atoms with van der Waals surface area (Å²) in [6.45, 7) is 0. The Hall–Kier alpha value is -3.53. The maximum absolute atomic E-state index is 13.4. The Kier molecular flexibility index (Phi) is 3.90. The van der Waals surface area contributed by atoms with Crippen LogP contribution in [0.4, 0.5) is 5.69 Å². The molecule has 3 aromatic rings. The van der Waals surface area contributed by atoms with E-state index in [0.717, 1.165) is 11.1 Å². The number of aliphatic imine (C=N–C) groups is 1. The van der Waals surface area contributed by atoms with Crippen LogP contribution in [0, 0.1) is 11.8 Å². The Morgan fingerprint density at radius 2 is 1.25 bits per heavy atom. The molecule has 1 fully saturated rings. The van der Waals surface area contributed by atoms with E-state index in [2.05, 4.69) is 0 Å². The molecule has 0 aromatic heterocycles. The third kappa shape index (κ3) is 2.49. The van der Waals surface area contributed by atoms with Crippen molar-refractivity contribution < 1.29 is 9.59 Å². The third-order valence-electron chi connectivity index (χ3n) is 5.49. The van der Waals surface area contributed by atoms with E-state index in [1.807, 2.05) is 78.9 Å². The van der Waals surface area contributed by atoms with Crippen molar-refractivity contribution in [2.24, 2.45) is 16.8 Å². The van der Waals surface area contributed by atoms with E-state index < -0.39 is 11.8 Å². The van der Waals surface area contributed by atoms with E-state index in [1.54, 1.807) is 12.1 Å². The lowest BCUT2D eigenvalue weighted by atomic mass is 9.84. The van der Waals surface area contributed by atoms with Gasteiger partial charge in [-0.25, -0.2) is 4.90 Å². The molecule has 136 valence electrons. The van der Waals surface area contributed by atoms with Crippen molar-refractivity contribution in [2.75, 3.05) is 4.90 Å². The maximum Gasteiger partial charge on any atom is 0.243 e. The van der Waals surface area contributed by atoms with Crippen molar-refractivity contribution in [2.45, 2.75) is 6.04 Å². The van der Waals surface area contributed by atoms with Gasteiger partial charge in [0.15, 0.2) is 0 Å². The monoisotopic (exact) mass is 366 g/mol. The quantitative estimate of drug-likeness (QED) is 0.657. The molecule has 1 saturated heterocycles. The number of nitrogens with zero attached hydrogens (tertiary/aromatic N) is 2. The SMILES string of the molecule is O=C1[C@H]2C(c3ccccc3)=N[C@@H](c3ccccc3)[C@H]2C(=O)N1c1ccccc1. The van der Waals surface area contributed by atoms with Gasteiger partial charge < -0.3 is 0 Å². The fraction of sp³-hybridized carbons (Fsp3) is 0.125. The lowest BCUT2D eigenvalue weighted by molar-refractivity contribution is -0.122. The Morgan fingerprint density at radius 1 is 0.679 bits per heavy atom. The summed E-state index contributed by atoms with van der Waals surface area (Å²) >= 11 is 0. The second-order valence-corrected chi connectivity index (χ2v) is 7.09. The number of carbonyl (C=O) groups excluding carboxylic acids is 2. The number of benzene rings is 3. The van der Waals surface area contributed by atoms with Crippen LogP contribution >= 0.6 is 0 Å². The molecule has 0 spiro atoms. The van der Waals surface area contributed by atoms with E-state index in [-0.39, 0.29) is 17.9 Å². The van der Waals surface area contributed by atoms with Crippen LogP contribution in [0.5, 0.6) is 0 Å². The Balaban J connectivity index is 1.64. The molecule has 2 heterocycles. The first-order valence-corrected chi connectivity index (χ1v) is 9.36. The van der Waals surface area contributed by atoms with E-state index >= 15 is 0 Å². The first-order valence-electron chi connectivity index (χ1n) is 9.36. The van der Waals surface area contributed by atoms with E-state index in [0.29, 0.717) is 11.4 Å². The van der Waals surface area contributed by atoms with Crippen molar-refractivity contribution in [3.63, 3.8) is 0 Å². The van der Waals surface area contributed by atoms with Gasteiger partial charge in [-0.05, 0) is 23.3 Å². The van der Waals surface area contributed by atoms with Crippen molar-refractivity contribution >= 4 is 23.2 Å². The molecule has 3 atom stereocenters. The van der Waals surface area contributed by atoms with Crippen molar-refractivity contribution in [3.05, 3.63) is 102 Å². The van der Waals surface area contributed by atoms with Crippen LogP contribution in [0.2, 0.25) is 0 Å². The fourth-order valence-corrected chi connectivity index (χ4v) is 4.23. The number of fused-ring (bicyclic) bond motifs is 1. The Bertz CT molecular complexity index is 1060. The largest absolute Gasteiger partial charge is 0.279 e. The van der Waals surface area contributed by atoms with Gasteiger partial charge in [-0.2, -0.15) is 0 Å². The highest BCUT2D eigenvalue weighted by Gasteiger charge is 2.57. The molecule has 5 rings (SSSR count). The molecule has 2 aliphatic rings. The van der Waals surface area contributed by atoms with Gasteiger partial charge in [0.05, 0.1) is 29.3 Å². The molecular weight excluding hydrogens is 348 g/mol. The molecule has 0 aliphatic carbocycles. The molecule has 0 saturated carbocycles. The molecule has 4 nitrogen and oxygen atoms in total. The van der Waals surface area contributed by atoms with E-state index in [1.165, 1.54) is 4.90 Å². The van der Waals surface area contributed by atoms with Crippen LogP contribution in [0.15, 0.2) is 96.0 Å². The highest BCUT2D eigenvalue weighted by Crippen LogP contribution is 2.47. The number of hydrogen-bond donors (Lipinski definition) is 0. The molecule has 0 N–H and O–H groups in total. The lowest BCUT2D eigenvalue weighted by Crippen LogP contribution is -2.33. The number of hydrogen-bond acceptors (Lipinski definition) is 3. The minimum Gasteiger partial charge on any atom is -0.279 e. The minimum absolute atomic E-state index is 0.176.